The predicted molar refractivity (Wildman–Crippen MR) is 125 cm³/mol. The standard InChI is InChI=1S/C25H20Cl2N2O3/c26-20-9-4-18(5-10-20)15-29-23(24(30)28-25(29)31)13-8-17-2-1-3-22(14-17)32-16-19-6-11-21(27)12-7-19/h1-7,9-14H,8,15-16H2,(H,28,30,31). The summed E-state index contributed by atoms with van der Waals surface area (Å²) in [5.41, 5.74) is 3.19. The number of nitrogens with zero attached hydrogens (tertiary/aromatic N) is 1. The zero-order chi connectivity index (χ0) is 22.5. The Labute approximate surface area is 196 Å². The number of allylic oxidation sites excluding steroid dienone is 1. The zero-order valence-electron chi connectivity index (χ0n) is 17.1. The summed E-state index contributed by atoms with van der Waals surface area (Å²) in [6, 6.07) is 21.9. The molecule has 1 saturated heterocycles. The summed E-state index contributed by atoms with van der Waals surface area (Å²) in [5, 5.41) is 3.66. The Bertz CT molecular complexity index is 1160. The third-order valence-corrected chi connectivity index (χ3v) is 5.50. The lowest BCUT2D eigenvalue weighted by atomic mass is 10.1. The van der Waals surface area contributed by atoms with Gasteiger partial charge < -0.3 is 4.74 Å². The Balaban J connectivity index is 1.44. The highest BCUT2D eigenvalue weighted by atomic mass is 35.5. The highest BCUT2D eigenvalue weighted by Gasteiger charge is 2.32. The van der Waals surface area contributed by atoms with Crippen LogP contribution in [0.25, 0.3) is 0 Å². The summed E-state index contributed by atoms with van der Waals surface area (Å²) < 4.78 is 5.87. The summed E-state index contributed by atoms with van der Waals surface area (Å²) in [6.45, 7) is 0.707. The van der Waals surface area contributed by atoms with E-state index in [1.54, 1.807) is 18.2 Å². The molecule has 3 aromatic carbocycles. The van der Waals surface area contributed by atoms with Crippen molar-refractivity contribution >= 4 is 35.1 Å². The highest BCUT2D eigenvalue weighted by molar-refractivity contribution is 6.30. The van der Waals surface area contributed by atoms with Gasteiger partial charge >= 0.3 is 6.03 Å². The Morgan fingerprint density at radius 1 is 0.844 bits per heavy atom. The van der Waals surface area contributed by atoms with Gasteiger partial charge in [-0.15, -0.1) is 0 Å². The van der Waals surface area contributed by atoms with Crippen molar-refractivity contribution in [3.05, 3.63) is 111 Å². The second-order valence-electron chi connectivity index (χ2n) is 7.33. The zero-order valence-corrected chi connectivity index (χ0v) is 18.6. The minimum atomic E-state index is -0.434. The molecule has 1 N–H and O–H groups in total. The summed E-state index contributed by atoms with van der Waals surface area (Å²) in [4.78, 5) is 26.0. The number of carbonyl (C=O) groups excluding carboxylic acids is 2. The molecule has 5 nitrogen and oxygen atoms in total. The van der Waals surface area contributed by atoms with Gasteiger partial charge in [0.15, 0.2) is 0 Å². The summed E-state index contributed by atoms with van der Waals surface area (Å²) in [7, 11) is 0. The molecule has 1 aliphatic rings. The van der Waals surface area contributed by atoms with Crippen LogP contribution in [0.5, 0.6) is 5.75 Å². The predicted octanol–water partition coefficient (Wildman–Crippen LogP) is 5.75. The molecule has 3 aromatic rings. The summed E-state index contributed by atoms with van der Waals surface area (Å²) in [6.07, 6.45) is 2.24. The van der Waals surface area contributed by atoms with Crippen LogP contribution >= 0.6 is 23.2 Å². The highest BCUT2D eigenvalue weighted by Crippen LogP contribution is 2.21. The van der Waals surface area contributed by atoms with Crippen LogP contribution in [0.1, 0.15) is 16.7 Å². The maximum Gasteiger partial charge on any atom is 0.329 e. The van der Waals surface area contributed by atoms with E-state index >= 15 is 0 Å². The lowest BCUT2D eigenvalue weighted by Gasteiger charge is -2.15. The first-order valence-corrected chi connectivity index (χ1v) is 10.8. The van der Waals surface area contributed by atoms with Gasteiger partial charge in [-0.3, -0.25) is 15.0 Å². The van der Waals surface area contributed by atoms with Crippen molar-refractivity contribution in [3.8, 4) is 5.75 Å². The Morgan fingerprint density at radius 3 is 2.19 bits per heavy atom. The van der Waals surface area contributed by atoms with E-state index in [9.17, 15) is 9.59 Å². The van der Waals surface area contributed by atoms with Crippen LogP contribution in [0.4, 0.5) is 4.79 Å². The molecule has 0 aromatic heterocycles. The lowest BCUT2D eigenvalue weighted by Crippen LogP contribution is -2.27. The molecule has 0 aliphatic carbocycles. The number of halogens is 2. The van der Waals surface area contributed by atoms with E-state index in [1.807, 2.05) is 60.7 Å². The van der Waals surface area contributed by atoms with E-state index in [0.717, 1.165) is 22.4 Å². The molecule has 162 valence electrons. The summed E-state index contributed by atoms with van der Waals surface area (Å²) >= 11 is 11.8. The first-order valence-electron chi connectivity index (χ1n) is 10.0. The normalized spacial score (nSPS) is 14.7. The van der Waals surface area contributed by atoms with E-state index < -0.39 is 11.9 Å². The number of rotatable bonds is 7. The number of carbonyl (C=O) groups is 2. The Morgan fingerprint density at radius 2 is 1.50 bits per heavy atom. The van der Waals surface area contributed by atoms with Gasteiger partial charge in [0.1, 0.15) is 18.1 Å². The minimum absolute atomic E-state index is 0.283. The smallest absolute Gasteiger partial charge is 0.329 e. The van der Waals surface area contributed by atoms with Crippen molar-refractivity contribution < 1.29 is 14.3 Å². The van der Waals surface area contributed by atoms with Crippen molar-refractivity contribution in [2.24, 2.45) is 0 Å². The van der Waals surface area contributed by atoms with Gasteiger partial charge in [-0.25, -0.2) is 4.79 Å². The van der Waals surface area contributed by atoms with E-state index in [0.29, 0.717) is 28.8 Å². The number of urea groups is 1. The van der Waals surface area contributed by atoms with Crippen LogP contribution in [0, 0.1) is 0 Å². The minimum Gasteiger partial charge on any atom is -0.489 e. The van der Waals surface area contributed by atoms with Gasteiger partial charge in [0, 0.05) is 10.0 Å². The second kappa shape index (κ2) is 9.90. The number of hydrogen-bond acceptors (Lipinski definition) is 3. The number of benzene rings is 3. The molecule has 32 heavy (non-hydrogen) atoms. The molecule has 1 fully saturated rings. The van der Waals surface area contributed by atoms with Crippen LogP contribution in [0.2, 0.25) is 10.0 Å². The van der Waals surface area contributed by atoms with E-state index in [-0.39, 0.29) is 6.54 Å². The van der Waals surface area contributed by atoms with Crippen molar-refractivity contribution in [1.29, 1.82) is 0 Å². The van der Waals surface area contributed by atoms with Gasteiger partial charge in [0.25, 0.3) is 5.91 Å². The molecule has 1 aliphatic heterocycles. The van der Waals surface area contributed by atoms with Crippen molar-refractivity contribution in [1.82, 2.24) is 10.2 Å². The average molecular weight is 467 g/mol. The Hall–Kier alpha value is -3.28. The molecule has 1 heterocycles. The molecule has 0 bridgehead atoms. The molecule has 0 unspecified atom stereocenters. The van der Waals surface area contributed by atoms with E-state index in [4.69, 9.17) is 27.9 Å². The molecule has 0 radical (unpaired) electrons. The quantitative estimate of drug-likeness (QED) is 0.356. The van der Waals surface area contributed by atoms with Crippen molar-refractivity contribution in [2.45, 2.75) is 19.6 Å². The molecular weight excluding hydrogens is 447 g/mol. The maximum atomic E-state index is 12.3. The molecule has 4 rings (SSSR count). The topological polar surface area (TPSA) is 58.6 Å². The SMILES string of the molecule is O=C1NC(=O)N(Cc2ccc(Cl)cc2)C1=CCc1cccc(OCc2ccc(Cl)cc2)c1. The Kier molecular flexibility index (Phi) is 6.78. The number of imide groups is 1. The number of ether oxygens (including phenoxy) is 1. The van der Waals surface area contributed by atoms with Gasteiger partial charge in [-0.05, 0) is 59.5 Å². The summed E-state index contributed by atoms with van der Waals surface area (Å²) in [5.74, 6) is 0.319. The third-order valence-electron chi connectivity index (χ3n) is 4.99. The van der Waals surface area contributed by atoms with Crippen LogP contribution in [0.15, 0.2) is 84.6 Å². The van der Waals surface area contributed by atoms with Gasteiger partial charge in [-0.1, -0.05) is 65.7 Å². The van der Waals surface area contributed by atoms with Gasteiger partial charge in [0.05, 0.1) is 6.54 Å². The van der Waals surface area contributed by atoms with Crippen LogP contribution < -0.4 is 10.1 Å². The number of nitrogens with one attached hydrogen (secondary N) is 1. The van der Waals surface area contributed by atoms with Crippen LogP contribution in [-0.4, -0.2) is 16.8 Å². The molecule has 0 saturated carbocycles. The fourth-order valence-electron chi connectivity index (χ4n) is 3.32. The van der Waals surface area contributed by atoms with E-state index in [2.05, 4.69) is 5.32 Å². The molecule has 0 atom stereocenters. The van der Waals surface area contributed by atoms with Crippen molar-refractivity contribution in [3.63, 3.8) is 0 Å². The largest absolute Gasteiger partial charge is 0.489 e. The first-order chi connectivity index (χ1) is 15.5. The molecular formula is C25H20Cl2N2O3. The maximum absolute atomic E-state index is 12.3. The van der Waals surface area contributed by atoms with Gasteiger partial charge in [0.2, 0.25) is 0 Å². The fraction of sp³-hybridized carbons (Fsp3) is 0.120. The monoisotopic (exact) mass is 466 g/mol. The average Bonchev–Trinajstić information content (AvgIpc) is 3.06. The third kappa shape index (κ3) is 5.49. The van der Waals surface area contributed by atoms with Crippen LogP contribution in [-0.2, 0) is 24.4 Å². The van der Waals surface area contributed by atoms with E-state index in [1.165, 1.54) is 4.90 Å². The van der Waals surface area contributed by atoms with Crippen LogP contribution in [0.3, 0.4) is 0 Å². The second-order valence-corrected chi connectivity index (χ2v) is 8.20. The first kappa shape index (κ1) is 21.9. The molecule has 3 amide bonds. The van der Waals surface area contributed by atoms with Gasteiger partial charge in [-0.2, -0.15) is 0 Å². The number of hydrogen-bond donors (Lipinski definition) is 1. The fourth-order valence-corrected chi connectivity index (χ4v) is 3.57. The number of amides is 3. The molecule has 7 heteroatoms. The van der Waals surface area contributed by atoms with Crippen molar-refractivity contribution in [2.75, 3.05) is 0 Å². The molecule has 0 spiro atoms. The lowest BCUT2D eigenvalue weighted by molar-refractivity contribution is -0.116.